The second kappa shape index (κ2) is 11.7. The van der Waals surface area contributed by atoms with Crippen molar-refractivity contribution in [1.82, 2.24) is 15.4 Å². The molecule has 2 aromatic rings. The third-order valence-corrected chi connectivity index (χ3v) is 6.61. The monoisotopic (exact) mass is 538 g/mol. The number of rotatable bonds is 9. The van der Waals surface area contributed by atoms with Gasteiger partial charge in [-0.3, -0.25) is 0 Å². The van der Waals surface area contributed by atoms with Crippen molar-refractivity contribution in [2.75, 3.05) is 26.2 Å². The van der Waals surface area contributed by atoms with Crippen molar-refractivity contribution in [1.29, 1.82) is 0 Å². The Balaban J connectivity index is 0.00000392. The van der Waals surface area contributed by atoms with E-state index in [9.17, 15) is 13.5 Å². The highest BCUT2D eigenvalue weighted by molar-refractivity contribution is 14.0. The number of thiophene rings is 1. The van der Waals surface area contributed by atoms with Crippen LogP contribution < -0.4 is 15.4 Å². The van der Waals surface area contributed by atoms with E-state index in [2.05, 4.69) is 20.3 Å². The van der Waals surface area contributed by atoms with Gasteiger partial charge in [0.1, 0.15) is 9.81 Å². The van der Waals surface area contributed by atoms with Crippen molar-refractivity contribution in [3.8, 4) is 0 Å². The third kappa shape index (κ3) is 7.66. The summed E-state index contributed by atoms with van der Waals surface area (Å²) in [6.07, 6.45) is 0. The topological polar surface area (TPSA) is 103 Å². The van der Waals surface area contributed by atoms with Gasteiger partial charge in [-0.15, -0.1) is 35.3 Å². The molecule has 28 heavy (non-hydrogen) atoms. The number of hydrogen-bond donors (Lipinski definition) is 4. The first-order chi connectivity index (χ1) is 12.8. The maximum absolute atomic E-state index is 12.1. The molecule has 2 rings (SSSR count). The summed E-state index contributed by atoms with van der Waals surface area (Å²) in [5.74, 6) is 0.518. The van der Waals surface area contributed by atoms with E-state index in [1.807, 2.05) is 37.3 Å². The van der Waals surface area contributed by atoms with Gasteiger partial charge in [-0.2, -0.15) is 0 Å². The minimum Gasteiger partial charge on any atom is -0.384 e. The molecule has 1 atom stereocenters. The number of sulfonamides is 1. The van der Waals surface area contributed by atoms with E-state index in [4.69, 9.17) is 0 Å². The van der Waals surface area contributed by atoms with Crippen molar-refractivity contribution in [3.63, 3.8) is 0 Å². The smallest absolute Gasteiger partial charge is 0.250 e. The lowest BCUT2D eigenvalue weighted by molar-refractivity contribution is 0.0672. The van der Waals surface area contributed by atoms with Crippen molar-refractivity contribution < 1.29 is 13.5 Å². The molecule has 0 aliphatic carbocycles. The van der Waals surface area contributed by atoms with Gasteiger partial charge < -0.3 is 15.7 Å². The first-order valence-electron chi connectivity index (χ1n) is 8.68. The molecule has 0 saturated carbocycles. The SMILES string of the molecule is CCNC(=NCC(C)(O)c1ccccc1)NCCNS(=O)(=O)c1cccs1.I. The van der Waals surface area contributed by atoms with Gasteiger partial charge in [0.05, 0.1) is 6.54 Å². The van der Waals surface area contributed by atoms with Crippen LogP contribution in [0.2, 0.25) is 0 Å². The highest BCUT2D eigenvalue weighted by Gasteiger charge is 2.22. The van der Waals surface area contributed by atoms with Gasteiger partial charge in [0.25, 0.3) is 0 Å². The van der Waals surface area contributed by atoms with Gasteiger partial charge in [0, 0.05) is 19.6 Å². The van der Waals surface area contributed by atoms with Crippen LogP contribution in [0, 0.1) is 0 Å². The molecule has 0 aliphatic rings. The predicted octanol–water partition coefficient (Wildman–Crippen LogP) is 2.11. The van der Waals surface area contributed by atoms with Crippen molar-refractivity contribution in [2.24, 2.45) is 4.99 Å². The number of aliphatic hydroxyl groups is 1. The molecule has 0 amide bonds. The van der Waals surface area contributed by atoms with Crippen LogP contribution in [0.1, 0.15) is 19.4 Å². The number of nitrogens with zero attached hydrogens (tertiary/aromatic N) is 1. The first kappa shape index (κ1) is 24.8. The number of hydrogen-bond acceptors (Lipinski definition) is 5. The zero-order chi connectivity index (χ0) is 19.8. The van der Waals surface area contributed by atoms with Gasteiger partial charge in [0.2, 0.25) is 10.0 Å². The summed E-state index contributed by atoms with van der Waals surface area (Å²) >= 11 is 1.18. The lowest BCUT2D eigenvalue weighted by atomic mass is 9.96. The summed E-state index contributed by atoms with van der Waals surface area (Å²) in [6, 6.07) is 12.6. The molecule has 1 unspecified atom stereocenters. The molecule has 1 aromatic heterocycles. The molecule has 0 saturated heterocycles. The van der Waals surface area contributed by atoms with Gasteiger partial charge in [-0.1, -0.05) is 36.4 Å². The van der Waals surface area contributed by atoms with Crippen LogP contribution in [0.3, 0.4) is 0 Å². The molecular weight excluding hydrogens is 511 g/mol. The summed E-state index contributed by atoms with van der Waals surface area (Å²) < 4.78 is 27.0. The molecule has 0 aliphatic heterocycles. The van der Waals surface area contributed by atoms with Crippen molar-refractivity contribution >= 4 is 51.3 Å². The van der Waals surface area contributed by atoms with E-state index in [-0.39, 0.29) is 37.1 Å². The fourth-order valence-corrected chi connectivity index (χ4v) is 4.39. The van der Waals surface area contributed by atoms with Crippen LogP contribution in [0.15, 0.2) is 57.0 Å². The van der Waals surface area contributed by atoms with Crippen LogP contribution in [0.4, 0.5) is 0 Å². The van der Waals surface area contributed by atoms with Crippen LogP contribution in [0.25, 0.3) is 0 Å². The summed E-state index contributed by atoms with van der Waals surface area (Å²) in [5.41, 5.74) is -0.307. The average molecular weight is 538 g/mol. The Hall–Kier alpha value is -1.21. The average Bonchev–Trinajstić information content (AvgIpc) is 3.20. The van der Waals surface area contributed by atoms with Gasteiger partial charge in [0.15, 0.2) is 5.96 Å². The van der Waals surface area contributed by atoms with Crippen LogP contribution in [0.5, 0.6) is 0 Å². The summed E-state index contributed by atoms with van der Waals surface area (Å²) in [4.78, 5) is 4.41. The second-order valence-electron chi connectivity index (χ2n) is 6.09. The van der Waals surface area contributed by atoms with E-state index in [0.29, 0.717) is 23.3 Å². The number of aliphatic imine (C=N–C) groups is 1. The maximum atomic E-state index is 12.1. The molecule has 10 heteroatoms. The zero-order valence-electron chi connectivity index (χ0n) is 15.9. The molecule has 156 valence electrons. The molecule has 0 spiro atoms. The van der Waals surface area contributed by atoms with Gasteiger partial charge >= 0.3 is 0 Å². The Bertz CT molecular complexity index is 826. The quantitative estimate of drug-likeness (QED) is 0.170. The Morgan fingerprint density at radius 1 is 1.14 bits per heavy atom. The number of nitrogens with one attached hydrogen (secondary N) is 3. The minimum absolute atomic E-state index is 0. The standard InChI is InChI=1S/C18H26N4O3S2.HI/c1-3-19-17(21-14-18(2,23)15-8-5-4-6-9-15)20-11-12-22-27(24,25)16-10-7-13-26-16;/h4-10,13,22-23H,3,11-12,14H2,1-2H3,(H2,19,20,21);1H. The molecule has 0 bridgehead atoms. The van der Waals surface area contributed by atoms with E-state index < -0.39 is 15.6 Å². The lowest BCUT2D eigenvalue weighted by Gasteiger charge is -2.22. The lowest BCUT2D eigenvalue weighted by Crippen LogP contribution is -2.42. The Morgan fingerprint density at radius 2 is 1.86 bits per heavy atom. The fourth-order valence-electron chi connectivity index (χ4n) is 2.32. The largest absolute Gasteiger partial charge is 0.384 e. The van der Waals surface area contributed by atoms with E-state index >= 15 is 0 Å². The zero-order valence-corrected chi connectivity index (χ0v) is 19.8. The van der Waals surface area contributed by atoms with Crippen LogP contribution in [-0.2, 0) is 15.6 Å². The van der Waals surface area contributed by atoms with E-state index in [1.165, 1.54) is 11.3 Å². The second-order valence-corrected chi connectivity index (χ2v) is 9.03. The minimum atomic E-state index is -3.47. The molecule has 4 N–H and O–H groups in total. The summed E-state index contributed by atoms with van der Waals surface area (Å²) in [5, 5.41) is 18.5. The third-order valence-electron chi connectivity index (χ3n) is 3.75. The highest BCUT2D eigenvalue weighted by atomic mass is 127. The molecular formula is C18H27IN4O3S2. The number of benzene rings is 1. The molecule has 1 aromatic carbocycles. The van der Waals surface area contributed by atoms with Crippen LogP contribution >= 0.6 is 35.3 Å². The summed E-state index contributed by atoms with van der Waals surface area (Å²) in [7, 11) is -3.47. The first-order valence-corrected chi connectivity index (χ1v) is 11.0. The maximum Gasteiger partial charge on any atom is 0.250 e. The molecule has 1 heterocycles. The molecule has 0 radical (unpaired) electrons. The summed E-state index contributed by atoms with van der Waals surface area (Å²) in [6.45, 7) is 5.06. The van der Waals surface area contributed by atoms with E-state index in [1.54, 1.807) is 24.4 Å². The molecule has 0 fully saturated rings. The Kier molecular flexibility index (Phi) is 10.4. The van der Waals surface area contributed by atoms with E-state index in [0.717, 1.165) is 5.56 Å². The predicted molar refractivity (Wildman–Crippen MR) is 125 cm³/mol. The normalized spacial score (nSPS) is 14.0. The fraction of sp³-hybridized carbons (Fsp3) is 0.389. The van der Waals surface area contributed by atoms with Gasteiger partial charge in [-0.25, -0.2) is 18.1 Å². The van der Waals surface area contributed by atoms with Gasteiger partial charge in [-0.05, 0) is 30.9 Å². The Labute approximate surface area is 187 Å². The highest BCUT2D eigenvalue weighted by Crippen LogP contribution is 2.20. The number of halogens is 1. The Morgan fingerprint density at radius 3 is 2.46 bits per heavy atom. The van der Waals surface area contributed by atoms with Crippen LogP contribution in [-0.4, -0.2) is 45.7 Å². The molecule has 7 nitrogen and oxygen atoms in total. The number of guanidine groups is 1. The van der Waals surface area contributed by atoms with Crippen molar-refractivity contribution in [3.05, 3.63) is 53.4 Å². The van der Waals surface area contributed by atoms with Crippen molar-refractivity contribution in [2.45, 2.75) is 23.7 Å².